The van der Waals surface area contributed by atoms with Crippen LogP contribution in [-0.2, 0) is 9.59 Å². The molecule has 2 N–H and O–H groups in total. The van der Waals surface area contributed by atoms with Crippen molar-refractivity contribution >= 4 is 11.8 Å². The maximum absolute atomic E-state index is 11.7. The summed E-state index contributed by atoms with van der Waals surface area (Å²) in [5.41, 5.74) is 0. The van der Waals surface area contributed by atoms with E-state index in [2.05, 4.69) is 4.90 Å². The molecule has 0 bridgehead atoms. The summed E-state index contributed by atoms with van der Waals surface area (Å²) in [5, 5.41) is 17.2. The Morgan fingerprint density at radius 2 is 2.20 bits per heavy atom. The smallest absolute Gasteiger partial charge is 0.303 e. The van der Waals surface area contributed by atoms with Crippen LogP contribution < -0.4 is 0 Å². The van der Waals surface area contributed by atoms with Crippen LogP contribution in [0.1, 0.15) is 38.5 Å². The number of aliphatic hydroxyl groups is 1. The summed E-state index contributed by atoms with van der Waals surface area (Å²) in [6.07, 6.45) is 7.30. The Bertz CT molecular complexity index is 333. The van der Waals surface area contributed by atoms with Gasteiger partial charge in [-0.2, -0.15) is 0 Å². The Balaban J connectivity index is 0.00000361. The number of ketones is 1. The number of carbonyl (C=O) groups is 2. The zero-order chi connectivity index (χ0) is 14.1. The van der Waals surface area contributed by atoms with E-state index in [4.69, 9.17) is 10.2 Å². The molecule has 1 aliphatic heterocycles. The fourth-order valence-corrected chi connectivity index (χ4v) is 2.27. The first kappa shape index (κ1) is 19.9. The number of likely N-dealkylation sites (tertiary alicyclic amines) is 1. The fourth-order valence-electron chi connectivity index (χ4n) is 2.27. The second-order valence-electron chi connectivity index (χ2n) is 4.73. The van der Waals surface area contributed by atoms with Gasteiger partial charge in [0.05, 0.1) is 6.04 Å². The van der Waals surface area contributed by atoms with E-state index in [1.807, 2.05) is 12.2 Å². The standard InChI is InChI=1S/C14H22NO4.U/c16-11-5-9-15-10-8-13(17)12(15)6-3-1-2-4-7-14(18)19;/h1,3,11-12,16H,2,4-10H2,(H,18,19);/q-1;/b3-1-;/t12-;/m0./s1. The number of nitrogens with zero attached hydrogens (tertiary/aromatic N) is 1. The molecule has 1 rings (SSSR count). The number of unbranched alkanes of at least 4 members (excludes halogenated alkanes) is 1. The minimum atomic E-state index is -0.772. The van der Waals surface area contributed by atoms with Crippen molar-refractivity contribution in [3.63, 3.8) is 0 Å². The van der Waals surface area contributed by atoms with E-state index in [1.54, 1.807) is 0 Å². The molecular weight excluding hydrogens is 484 g/mol. The van der Waals surface area contributed by atoms with Gasteiger partial charge in [0.1, 0.15) is 0 Å². The molecule has 1 atom stereocenters. The first-order chi connectivity index (χ1) is 9.15. The van der Waals surface area contributed by atoms with Crippen LogP contribution in [0.2, 0.25) is 0 Å². The van der Waals surface area contributed by atoms with Gasteiger partial charge < -0.3 is 10.2 Å². The predicted molar refractivity (Wildman–Crippen MR) is 71.1 cm³/mol. The summed E-state index contributed by atoms with van der Waals surface area (Å²) >= 11 is 0. The van der Waals surface area contributed by atoms with E-state index in [0.29, 0.717) is 32.2 Å². The second kappa shape index (κ2) is 11.5. The molecule has 0 amide bonds. The predicted octanol–water partition coefficient (Wildman–Crippen LogP) is 1.76. The quantitative estimate of drug-likeness (QED) is 0.283. The number of rotatable bonds is 9. The molecule has 112 valence electrons. The van der Waals surface area contributed by atoms with E-state index in [9.17, 15) is 9.59 Å². The summed E-state index contributed by atoms with van der Waals surface area (Å²) in [6.45, 7) is 2.60. The number of carbonyl (C=O) groups excluding carboxylic acids is 1. The second-order valence-corrected chi connectivity index (χ2v) is 4.73. The van der Waals surface area contributed by atoms with Crippen molar-refractivity contribution in [2.75, 3.05) is 13.1 Å². The summed E-state index contributed by atoms with van der Waals surface area (Å²) in [5.74, 6) is -0.515. The maximum atomic E-state index is 11.7. The van der Waals surface area contributed by atoms with Crippen molar-refractivity contribution < 1.29 is 50.9 Å². The third-order valence-corrected chi connectivity index (χ3v) is 3.29. The fraction of sp³-hybridized carbons (Fsp3) is 0.643. The Labute approximate surface area is 143 Å². The van der Waals surface area contributed by atoms with Gasteiger partial charge in [-0.1, -0.05) is 12.2 Å². The first-order valence-corrected chi connectivity index (χ1v) is 6.74. The third-order valence-electron chi connectivity index (χ3n) is 3.29. The van der Waals surface area contributed by atoms with E-state index in [-0.39, 0.29) is 49.4 Å². The van der Waals surface area contributed by atoms with Gasteiger partial charge in [0.2, 0.25) is 0 Å². The Morgan fingerprint density at radius 1 is 1.45 bits per heavy atom. The molecule has 0 saturated carbocycles. The number of aliphatic hydroxyl groups excluding tert-OH is 1. The van der Waals surface area contributed by atoms with E-state index in [1.165, 1.54) is 0 Å². The SMILES string of the molecule is O=C(O)CCC/C=C\C[C@H]1C(=O)CCN1CC[CH-]O.[U]. The van der Waals surface area contributed by atoms with Gasteiger partial charge in [-0.25, -0.2) is 6.61 Å². The molecule has 20 heavy (non-hydrogen) atoms. The van der Waals surface area contributed by atoms with Crippen LogP contribution in [0.3, 0.4) is 0 Å². The maximum Gasteiger partial charge on any atom is 0.303 e. The molecule has 0 unspecified atom stereocenters. The van der Waals surface area contributed by atoms with Crippen LogP contribution in [0.15, 0.2) is 12.2 Å². The molecular formula is C14H22NO4U-. The third kappa shape index (κ3) is 7.59. The number of carboxylic acid groups (broad SMARTS) is 1. The molecule has 1 aliphatic rings. The monoisotopic (exact) mass is 506 g/mol. The van der Waals surface area contributed by atoms with Crippen molar-refractivity contribution in [1.29, 1.82) is 0 Å². The van der Waals surface area contributed by atoms with Crippen LogP contribution in [0.25, 0.3) is 0 Å². The summed E-state index contributed by atoms with van der Waals surface area (Å²) in [7, 11) is 0. The zero-order valence-electron chi connectivity index (χ0n) is 11.6. The summed E-state index contributed by atoms with van der Waals surface area (Å²) in [6, 6.07) is -0.0735. The van der Waals surface area contributed by atoms with E-state index < -0.39 is 5.97 Å². The summed E-state index contributed by atoms with van der Waals surface area (Å²) in [4.78, 5) is 24.2. The van der Waals surface area contributed by atoms with Crippen LogP contribution in [-0.4, -0.2) is 46.0 Å². The first-order valence-electron chi connectivity index (χ1n) is 6.74. The van der Waals surface area contributed by atoms with Crippen LogP contribution in [0.5, 0.6) is 0 Å². The number of carboxylic acids is 1. The number of hydrogen-bond donors (Lipinski definition) is 2. The zero-order valence-corrected chi connectivity index (χ0v) is 15.8. The van der Waals surface area contributed by atoms with Gasteiger partial charge in [0.25, 0.3) is 0 Å². The van der Waals surface area contributed by atoms with Crippen LogP contribution in [0, 0.1) is 37.7 Å². The molecule has 5 nitrogen and oxygen atoms in total. The molecule has 0 aromatic rings. The van der Waals surface area contributed by atoms with E-state index >= 15 is 0 Å². The van der Waals surface area contributed by atoms with Crippen molar-refractivity contribution in [2.24, 2.45) is 0 Å². The van der Waals surface area contributed by atoms with Gasteiger partial charge in [0, 0.05) is 50.5 Å². The van der Waals surface area contributed by atoms with Gasteiger partial charge in [-0.15, -0.1) is 6.42 Å². The molecule has 6 heteroatoms. The molecule has 0 aromatic carbocycles. The minimum Gasteiger partial charge on any atom is -0.566 e. The Morgan fingerprint density at radius 3 is 2.85 bits per heavy atom. The normalized spacial score (nSPS) is 19.4. The number of hydrogen-bond acceptors (Lipinski definition) is 4. The molecule has 1 heterocycles. The topological polar surface area (TPSA) is 77.8 Å². The van der Waals surface area contributed by atoms with Crippen LogP contribution in [0.4, 0.5) is 0 Å². The Kier molecular flexibility index (Phi) is 11.4. The number of allylic oxidation sites excluding steroid dienone is 1. The molecule has 0 aromatic heterocycles. The molecule has 1 fully saturated rings. The average Bonchev–Trinajstić information content (AvgIpc) is 2.72. The summed E-state index contributed by atoms with van der Waals surface area (Å²) < 4.78 is 0. The average molecular weight is 506 g/mol. The molecule has 0 spiro atoms. The Hall–Kier alpha value is -0.148. The van der Waals surface area contributed by atoms with Gasteiger partial charge in [0.15, 0.2) is 5.78 Å². The minimum absolute atomic E-state index is 0. The molecule has 1 saturated heterocycles. The molecule has 0 radical (unpaired) electrons. The van der Waals surface area contributed by atoms with Gasteiger partial charge in [-0.05, 0) is 25.8 Å². The van der Waals surface area contributed by atoms with E-state index in [0.717, 1.165) is 19.6 Å². The number of Topliss-reactive ketones (excluding diaryl/α,β-unsaturated/α-hetero) is 1. The van der Waals surface area contributed by atoms with Crippen molar-refractivity contribution in [3.05, 3.63) is 18.8 Å². The van der Waals surface area contributed by atoms with Crippen molar-refractivity contribution in [3.8, 4) is 0 Å². The largest absolute Gasteiger partial charge is 0.566 e. The van der Waals surface area contributed by atoms with Crippen molar-refractivity contribution in [1.82, 2.24) is 4.90 Å². The van der Waals surface area contributed by atoms with Gasteiger partial charge >= 0.3 is 5.97 Å². The van der Waals surface area contributed by atoms with Crippen LogP contribution >= 0.6 is 0 Å². The van der Waals surface area contributed by atoms with Gasteiger partial charge in [-0.3, -0.25) is 14.5 Å². The van der Waals surface area contributed by atoms with Crippen molar-refractivity contribution in [2.45, 2.75) is 44.6 Å². The number of aliphatic carboxylic acids is 1. The molecule has 0 aliphatic carbocycles.